The van der Waals surface area contributed by atoms with Crippen LogP contribution in [-0.2, 0) is 10.0 Å². The summed E-state index contributed by atoms with van der Waals surface area (Å²) in [6, 6.07) is 3.57. The highest BCUT2D eigenvalue weighted by Gasteiger charge is 2.17. The molecule has 19 heavy (non-hydrogen) atoms. The van der Waals surface area contributed by atoms with Gasteiger partial charge in [-0.05, 0) is 18.2 Å². The number of sulfonamides is 1. The van der Waals surface area contributed by atoms with E-state index in [1.54, 1.807) is 0 Å². The minimum atomic E-state index is -3.95. The molecule has 0 radical (unpaired) electrons. The minimum absolute atomic E-state index is 0.0946. The van der Waals surface area contributed by atoms with Crippen molar-refractivity contribution < 1.29 is 22.3 Å². The molecule has 0 saturated heterocycles. The Morgan fingerprint density at radius 2 is 2.00 bits per heavy atom. The fourth-order valence-corrected chi connectivity index (χ4v) is 2.11. The predicted octanol–water partition coefficient (Wildman–Crippen LogP) is -0.0200. The number of halogens is 2. The van der Waals surface area contributed by atoms with Crippen LogP contribution in [0.25, 0.3) is 0 Å². The summed E-state index contributed by atoms with van der Waals surface area (Å²) in [7, 11) is -3.95. The number of aliphatic hydroxyl groups is 1. The second-order valence-electron chi connectivity index (χ2n) is 3.83. The molecular weight excluding hydrogens is 280 g/mol. The van der Waals surface area contributed by atoms with Gasteiger partial charge in [-0.3, -0.25) is 0 Å². The van der Waals surface area contributed by atoms with Crippen LogP contribution in [0, 0.1) is 0 Å². The molecule has 5 N–H and O–H groups in total. The molecule has 1 rings (SSSR count). The molecular formula is C10H15F2N3O3S. The van der Waals surface area contributed by atoms with E-state index in [1.807, 2.05) is 0 Å². The molecule has 108 valence electrons. The SMILES string of the molecule is Nc1ccc(S(N)(=O)=O)cc1N(CCO)CC(F)F. The van der Waals surface area contributed by atoms with E-state index in [2.05, 4.69) is 0 Å². The van der Waals surface area contributed by atoms with Crippen molar-refractivity contribution in [1.82, 2.24) is 0 Å². The smallest absolute Gasteiger partial charge is 0.255 e. The van der Waals surface area contributed by atoms with Crippen LogP contribution in [0.4, 0.5) is 20.2 Å². The van der Waals surface area contributed by atoms with Gasteiger partial charge in [0.2, 0.25) is 10.0 Å². The summed E-state index contributed by atoms with van der Waals surface area (Å²) in [5.41, 5.74) is 5.86. The molecule has 0 bridgehead atoms. The van der Waals surface area contributed by atoms with Gasteiger partial charge >= 0.3 is 0 Å². The van der Waals surface area contributed by atoms with E-state index in [1.165, 1.54) is 12.1 Å². The van der Waals surface area contributed by atoms with Crippen LogP contribution in [-0.4, -0.2) is 39.6 Å². The second kappa shape index (κ2) is 6.13. The lowest BCUT2D eigenvalue weighted by molar-refractivity contribution is 0.153. The first-order valence-electron chi connectivity index (χ1n) is 5.32. The van der Waals surface area contributed by atoms with E-state index < -0.39 is 23.0 Å². The predicted molar refractivity (Wildman–Crippen MR) is 67.5 cm³/mol. The highest BCUT2D eigenvalue weighted by atomic mass is 32.2. The van der Waals surface area contributed by atoms with Crippen LogP contribution < -0.4 is 15.8 Å². The van der Waals surface area contributed by atoms with Crippen molar-refractivity contribution in [2.24, 2.45) is 5.14 Å². The number of aliphatic hydroxyl groups excluding tert-OH is 1. The largest absolute Gasteiger partial charge is 0.397 e. The standard InChI is InChI=1S/C10H15F2N3O3S/c11-10(12)6-15(3-4-16)9-5-7(19(14,17)18)1-2-8(9)13/h1-2,5,10,16H,3-4,6,13H2,(H2,14,17,18). The zero-order valence-electron chi connectivity index (χ0n) is 9.96. The molecule has 0 aliphatic rings. The first-order valence-corrected chi connectivity index (χ1v) is 6.86. The number of nitrogens with two attached hydrogens (primary N) is 2. The Morgan fingerprint density at radius 3 is 2.47 bits per heavy atom. The summed E-state index contributed by atoms with van der Waals surface area (Å²) in [6.07, 6.45) is -2.65. The van der Waals surface area contributed by atoms with Crippen LogP contribution in [0.3, 0.4) is 0 Å². The van der Waals surface area contributed by atoms with Gasteiger partial charge in [-0.1, -0.05) is 0 Å². The summed E-state index contributed by atoms with van der Waals surface area (Å²) in [4.78, 5) is 0.878. The number of alkyl halides is 2. The van der Waals surface area contributed by atoms with Crippen LogP contribution in [0.15, 0.2) is 23.1 Å². The molecule has 1 aromatic rings. The highest BCUT2D eigenvalue weighted by Crippen LogP contribution is 2.26. The first-order chi connectivity index (χ1) is 8.75. The third-order valence-corrected chi connectivity index (χ3v) is 3.31. The Morgan fingerprint density at radius 1 is 1.37 bits per heavy atom. The third-order valence-electron chi connectivity index (χ3n) is 2.40. The van der Waals surface area contributed by atoms with Crippen molar-refractivity contribution in [2.45, 2.75) is 11.3 Å². The van der Waals surface area contributed by atoms with Crippen molar-refractivity contribution in [3.8, 4) is 0 Å². The Hall–Kier alpha value is -1.45. The molecule has 6 nitrogen and oxygen atoms in total. The van der Waals surface area contributed by atoms with Gasteiger partial charge in [0.1, 0.15) is 0 Å². The molecule has 0 aliphatic carbocycles. The molecule has 0 saturated carbocycles. The maximum Gasteiger partial charge on any atom is 0.255 e. The van der Waals surface area contributed by atoms with E-state index in [9.17, 15) is 17.2 Å². The number of hydrogen-bond donors (Lipinski definition) is 3. The Balaban J connectivity index is 3.21. The average molecular weight is 295 g/mol. The number of benzene rings is 1. The van der Waals surface area contributed by atoms with E-state index >= 15 is 0 Å². The van der Waals surface area contributed by atoms with Gasteiger partial charge < -0.3 is 15.7 Å². The lowest BCUT2D eigenvalue weighted by atomic mass is 10.2. The van der Waals surface area contributed by atoms with Gasteiger partial charge in [0.25, 0.3) is 6.43 Å². The molecule has 0 unspecified atom stereocenters. The molecule has 0 aliphatic heterocycles. The minimum Gasteiger partial charge on any atom is -0.397 e. The van der Waals surface area contributed by atoms with Gasteiger partial charge in [-0.2, -0.15) is 0 Å². The van der Waals surface area contributed by atoms with Crippen molar-refractivity contribution in [3.63, 3.8) is 0 Å². The summed E-state index contributed by atoms with van der Waals surface area (Å²) < 4.78 is 47.3. The molecule has 9 heteroatoms. The topological polar surface area (TPSA) is 110 Å². The van der Waals surface area contributed by atoms with Gasteiger partial charge in [0.15, 0.2) is 0 Å². The van der Waals surface area contributed by atoms with Crippen LogP contribution in [0.2, 0.25) is 0 Å². The van der Waals surface area contributed by atoms with Gasteiger partial charge in [0.05, 0.1) is 29.4 Å². The second-order valence-corrected chi connectivity index (χ2v) is 5.39. The average Bonchev–Trinajstić information content (AvgIpc) is 2.27. The van der Waals surface area contributed by atoms with Crippen molar-refractivity contribution in [1.29, 1.82) is 0 Å². The van der Waals surface area contributed by atoms with E-state index in [0.717, 1.165) is 11.0 Å². The fraction of sp³-hybridized carbons (Fsp3) is 0.400. The summed E-state index contributed by atoms with van der Waals surface area (Å²) in [6.45, 7) is -1.13. The number of hydrogen-bond acceptors (Lipinski definition) is 5. The Bertz CT molecular complexity index is 537. The van der Waals surface area contributed by atoms with E-state index in [0.29, 0.717) is 0 Å². The van der Waals surface area contributed by atoms with Crippen molar-refractivity contribution in [2.75, 3.05) is 30.3 Å². The summed E-state index contributed by atoms with van der Waals surface area (Å²) >= 11 is 0. The van der Waals surface area contributed by atoms with Gasteiger partial charge in [0, 0.05) is 6.54 Å². The highest BCUT2D eigenvalue weighted by molar-refractivity contribution is 7.89. The Kier molecular flexibility index (Phi) is 5.04. The quantitative estimate of drug-likeness (QED) is 0.639. The van der Waals surface area contributed by atoms with Gasteiger partial charge in [-0.15, -0.1) is 0 Å². The molecule has 0 amide bonds. The number of primary sulfonamides is 1. The summed E-state index contributed by atoms with van der Waals surface area (Å²) in [5, 5.41) is 13.8. The maximum absolute atomic E-state index is 12.5. The molecule has 0 spiro atoms. The maximum atomic E-state index is 12.5. The lowest BCUT2D eigenvalue weighted by Gasteiger charge is -2.25. The molecule has 0 aromatic heterocycles. The zero-order valence-corrected chi connectivity index (χ0v) is 10.8. The van der Waals surface area contributed by atoms with Crippen LogP contribution >= 0.6 is 0 Å². The first kappa shape index (κ1) is 15.6. The lowest BCUT2D eigenvalue weighted by Crippen LogP contribution is -2.32. The van der Waals surface area contributed by atoms with E-state index in [-0.39, 0.29) is 29.4 Å². The summed E-state index contributed by atoms with van der Waals surface area (Å²) in [5.74, 6) is 0. The fourth-order valence-electron chi connectivity index (χ4n) is 1.57. The van der Waals surface area contributed by atoms with Crippen molar-refractivity contribution in [3.05, 3.63) is 18.2 Å². The normalized spacial score (nSPS) is 11.8. The number of rotatable bonds is 6. The number of nitrogen functional groups attached to an aromatic ring is 1. The van der Waals surface area contributed by atoms with Crippen molar-refractivity contribution >= 4 is 21.4 Å². The van der Waals surface area contributed by atoms with Gasteiger partial charge in [-0.25, -0.2) is 22.3 Å². The molecule has 1 aromatic carbocycles. The monoisotopic (exact) mass is 295 g/mol. The van der Waals surface area contributed by atoms with E-state index in [4.69, 9.17) is 16.0 Å². The molecule has 0 heterocycles. The molecule has 0 atom stereocenters. The van der Waals surface area contributed by atoms with Crippen LogP contribution in [0.5, 0.6) is 0 Å². The van der Waals surface area contributed by atoms with Crippen LogP contribution in [0.1, 0.15) is 0 Å². The molecule has 0 fully saturated rings. The number of nitrogens with zero attached hydrogens (tertiary/aromatic N) is 1. The zero-order chi connectivity index (χ0) is 14.6. The third kappa shape index (κ3) is 4.30. The Labute approximate surface area is 109 Å². The number of anilines is 2.